The Hall–Kier alpha value is 0.0700. The summed E-state index contributed by atoms with van der Waals surface area (Å²) in [4.78, 5) is 21.1. The van der Waals surface area contributed by atoms with E-state index in [2.05, 4.69) is 10.7 Å². The van der Waals surface area contributed by atoms with Crippen LogP contribution in [0.3, 0.4) is 0 Å². The summed E-state index contributed by atoms with van der Waals surface area (Å²) in [6, 6.07) is 0. The highest BCUT2D eigenvalue weighted by molar-refractivity contribution is 7.52. The SMILES string of the molecule is CCCC(ON)P(=O)(O)O. The molecule has 0 fully saturated rings. The molecule has 0 aromatic rings. The number of hydrogen-bond donors (Lipinski definition) is 3. The van der Waals surface area contributed by atoms with Crippen molar-refractivity contribution in [1.29, 1.82) is 0 Å². The lowest BCUT2D eigenvalue weighted by Crippen LogP contribution is -2.16. The van der Waals surface area contributed by atoms with Gasteiger partial charge in [0.05, 0.1) is 0 Å². The molecular weight excluding hydrogens is 157 g/mol. The molecule has 62 valence electrons. The Bertz CT molecular complexity index is 133. The lowest BCUT2D eigenvalue weighted by Gasteiger charge is -2.13. The fraction of sp³-hybridized carbons (Fsp3) is 1.00. The molecule has 0 saturated carbocycles. The summed E-state index contributed by atoms with van der Waals surface area (Å²) < 4.78 is 10.4. The molecule has 0 aliphatic carbocycles. The van der Waals surface area contributed by atoms with E-state index < -0.39 is 13.4 Å². The molecule has 0 aliphatic heterocycles. The van der Waals surface area contributed by atoms with Gasteiger partial charge in [-0.25, -0.2) is 5.90 Å². The van der Waals surface area contributed by atoms with Crippen LogP contribution in [0, 0.1) is 0 Å². The second-order valence-corrected chi connectivity index (χ2v) is 3.72. The Morgan fingerprint density at radius 3 is 2.30 bits per heavy atom. The Kier molecular flexibility index (Phi) is 4.08. The molecule has 0 aliphatic rings. The molecule has 0 heterocycles. The third-order valence-electron chi connectivity index (χ3n) is 1.07. The predicted molar refractivity (Wildman–Crippen MR) is 36.0 cm³/mol. The highest BCUT2D eigenvalue weighted by atomic mass is 31.2. The topological polar surface area (TPSA) is 92.8 Å². The molecule has 0 aromatic heterocycles. The number of nitrogens with two attached hydrogens (primary N) is 1. The van der Waals surface area contributed by atoms with Crippen molar-refractivity contribution >= 4 is 7.60 Å². The standard InChI is InChI=1S/C4H12NO4P/c1-2-3-4(9-5)10(6,7)8/h4H,2-3,5H2,1H3,(H2,6,7,8). The molecule has 4 N–H and O–H groups in total. The van der Waals surface area contributed by atoms with E-state index in [0.717, 1.165) is 0 Å². The zero-order valence-electron chi connectivity index (χ0n) is 5.73. The van der Waals surface area contributed by atoms with E-state index in [1.807, 2.05) is 0 Å². The Balaban J connectivity index is 3.94. The van der Waals surface area contributed by atoms with Gasteiger partial charge >= 0.3 is 7.60 Å². The molecule has 0 rings (SSSR count). The van der Waals surface area contributed by atoms with E-state index in [-0.39, 0.29) is 6.42 Å². The summed E-state index contributed by atoms with van der Waals surface area (Å²) in [5.74, 6) is 3.51. The van der Waals surface area contributed by atoms with Crippen molar-refractivity contribution in [1.82, 2.24) is 0 Å². The van der Waals surface area contributed by atoms with E-state index in [9.17, 15) is 4.57 Å². The van der Waals surface area contributed by atoms with E-state index in [4.69, 9.17) is 9.79 Å². The van der Waals surface area contributed by atoms with Crippen LogP contribution in [0.15, 0.2) is 0 Å². The Labute approximate surface area is 59.3 Å². The highest BCUT2D eigenvalue weighted by Crippen LogP contribution is 2.43. The minimum atomic E-state index is -4.14. The first-order chi connectivity index (χ1) is 4.52. The lowest BCUT2D eigenvalue weighted by atomic mass is 10.4. The van der Waals surface area contributed by atoms with Crippen molar-refractivity contribution in [3.05, 3.63) is 0 Å². The first kappa shape index (κ1) is 10.1. The van der Waals surface area contributed by atoms with Crippen LogP contribution in [0.4, 0.5) is 0 Å². The highest BCUT2D eigenvalue weighted by Gasteiger charge is 2.27. The van der Waals surface area contributed by atoms with Gasteiger partial charge in [0.25, 0.3) is 0 Å². The van der Waals surface area contributed by atoms with Gasteiger partial charge in [0.1, 0.15) is 0 Å². The molecule has 0 amide bonds. The molecule has 0 aromatic carbocycles. The Morgan fingerprint density at radius 2 is 2.20 bits per heavy atom. The van der Waals surface area contributed by atoms with Crippen LogP contribution in [0.25, 0.3) is 0 Å². The molecule has 0 bridgehead atoms. The van der Waals surface area contributed by atoms with Crippen LogP contribution in [0.2, 0.25) is 0 Å². The van der Waals surface area contributed by atoms with Crippen molar-refractivity contribution in [2.45, 2.75) is 25.6 Å². The third kappa shape index (κ3) is 3.29. The van der Waals surface area contributed by atoms with Gasteiger partial charge in [0.15, 0.2) is 5.85 Å². The van der Waals surface area contributed by atoms with Gasteiger partial charge in [-0.2, -0.15) is 0 Å². The maximum atomic E-state index is 10.4. The fourth-order valence-electron chi connectivity index (χ4n) is 0.562. The second-order valence-electron chi connectivity index (χ2n) is 1.97. The van der Waals surface area contributed by atoms with E-state index in [0.29, 0.717) is 6.42 Å². The smallest absolute Gasteiger partial charge is 0.323 e. The van der Waals surface area contributed by atoms with E-state index in [1.54, 1.807) is 6.92 Å². The van der Waals surface area contributed by atoms with Gasteiger partial charge in [-0.1, -0.05) is 13.3 Å². The van der Waals surface area contributed by atoms with Gasteiger partial charge in [-0.3, -0.25) is 9.40 Å². The minimum absolute atomic E-state index is 0.279. The van der Waals surface area contributed by atoms with Crippen molar-refractivity contribution in [2.75, 3.05) is 0 Å². The summed E-state index contributed by atoms with van der Waals surface area (Å²) in [5.41, 5.74) is 0. The zero-order chi connectivity index (χ0) is 8.20. The average Bonchev–Trinajstić information content (AvgIpc) is 1.80. The molecule has 10 heavy (non-hydrogen) atoms. The monoisotopic (exact) mass is 169 g/mol. The van der Waals surface area contributed by atoms with Crippen LogP contribution >= 0.6 is 7.60 Å². The van der Waals surface area contributed by atoms with Gasteiger partial charge in [-0.05, 0) is 6.42 Å². The summed E-state index contributed by atoms with van der Waals surface area (Å²) >= 11 is 0. The molecule has 1 unspecified atom stereocenters. The summed E-state index contributed by atoms with van der Waals surface area (Å²) in [6.45, 7) is 1.79. The minimum Gasteiger partial charge on any atom is -0.323 e. The predicted octanol–water partition coefficient (Wildman–Crippen LogP) is 0.181. The van der Waals surface area contributed by atoms with Gasteiger partial charge in [0.2, 0.25) is 0 Å². The van der Waals surface area contributed by atoms with Crippen LogP contribution < -0.4 is 5.90 Å². The first-order valence-corrected chi connectivity index (χ1v) is 4.61. The quantitative estimate of drug-likeness (QED) is 0.412. The maximum Gasteiger partial charge on any atom is 0.356 e. The molecular formula is C4H12NO4P. The molecule has 0 spiro atoms. The van der Waals surface area contributed by atoms with Crippen molar-refractivity contribution in [2.24, 2.45) is 5.90 Å². The van der Waals surface area contributed by atoms with Gasteiger partial charge in [-0.15, -0.1) is 0 Å². The molecule has 0 saturated heterocycles. The van der Waals surface area contributed by atoms with Crippen LogP contribution in [-0.2, 0) is 9.40 Å². The van der Waals surface area contributed by atoms with Gasteiger partial charge in [0, 0.05) is 0 Å². The van der Waals surface area contributed by atoms with Crippen LogP contribution in [-0.4, -0.2) is 15.6 Å². The summed E-state index contributed by atoms with van der Waals surface area (Å²) in [7, 11) is -4.14. The van der Waals surface area contributed by atoms with Crippen LogP contribution in [0.5, 0.6) is 0 Å². The molecule has 5 nitrogen and oxygen atoms in total. The second kappa shape index (κ2) is 4.05. The normalized spacial score (nSPS) is 15.2. The van der Waals surface area contributed by atoms with E-state index in [1.165, 1.54) is 0 Å². The van der Waals surface area contributed by atoms with Crippen molar-refractivity contribution in [3.63, 3.8) is 0 Å². The van der Waals surface area contributed by atoms with Gasteiger partial charge < -0.3 is 9.79 Å². The van der Waals surface area contributed by atoms with Crippen molar-refractivity contribution in [3.8, 4) is 0 Å². The first-order valence-electron chi connectivity index (χ1n) is 2.93. The number of rotatable bonds is 4. The maximum absolute atomic E-state index is 10.4. The number of hydrogen-bond acceptors (Lipinski definition) is 3. The lowest BCUT2D eigenvalue weighted by molar-refractivity contribution is 0.0809. The zero-order valence-corrected chi connectivity index (χ0v) is 6.62. The summed E-state index contributed by atoms with van der Waals surface area (Å²) in [6.07, 6.45) is 0.910. The summed E-state index contributed by atoms with van der Waals surface area (Å²) in [5, 5.41) is 0. The van der Waals surface area contributed by atoms with E-state index >= 15 is 0 Å². The molecule has 6 heteroatoms. The average molecular weight is 169 g/mol. The van der Waals surface area contributed by atoms with Crippen LogP contribution in [0.1, 0.15) is 19.8 Å². The van der Waals surface area contributed by atoms with Crippen molar-refractivity contribution < 1.29 is 19.2 Å². The fourth-order valence-corrected chi connectivity index (χ4v) is 1.32. The molecule has 1 atom stereocenters. The molecule has 0 radical (unpaired) electrons. The largest absolute Gasteiger partial charge is 0.356 e. The Morgan fingerprint density at radius 1 is 1.70 bits per heavy atom. The third-order valence-corrected chi connectivity index (χ3v) is 2.20.